The average Bonchev–Trinajstić information content (AvgIpc) is 2.66. The van der Waals surface area contributed by atoms with E-state index in [9.17, 15) is 18.0 Å². The number of carbonyl (C=O) groups is 2. The number of pyridine rings is 1. The Morgan fingerprint density at radius 1 is 1.03 bits per heavy atom. The van der Waals surface area contributed by atoms with E-state index in [1.165, 1.54) is 12.1 Å². The highest BCUT2D eigenvalue weighted by Gasteiger charge is 2.44. The van der Waals surface area contributed by atoms with Crippen LogP contribution in [-0.4, -0.2) is 25.1 Å². The van der Waals surface area contributed by atoms with Gasteiger partial charge in [-0.1, -0.05) is 13.8 Å². The molecule has 0 bridgehead atoms. The molecule has 0 radical (unpaired) electrons. The lowest BCUT2D eigenvalue weighted by Crippen LogP contribution is -2.43. The zero-order valence-electron chi connectivity index (χ0n) is 16.8. The number of anilines is 1. The first-order chi connectivity index (χ1) is 14.1. The largest absolute Gasteiger partial charge is 0.294 e. The van der Waals surface area contributed by atoms with Gasteiger partial charge in [-0.15, -0.1) is 0 Å². The molecule has 2 aromatic rings. The summed E-state index contributed by atoms with van der Waals surface area (Å²) in [7, 11) is -3.83. The van der Waals surface area contributed by atoms with Gasteiger partial charge in [0.05, 0.1) is 4.90 Å². The van der Waals surface area contributed by atoms with Crippen molar-refractivity contribution in [1.82, 2.24) is 4.98 Å². The maximum absolute atomic E-state index is 13.3. The summed E-state index contributed by atoms with van der Waals surface area (Å²) in [5, 5.41) is 5.19. The van der Waals surface area contributed by atoms with Gasteiger partial charge in [-0.25, -0.2) is 13.6 Å². The number of hydrogen-bond donors (Lipinski definition) is 1. The molecule has 4 rings (SSSR count). The SMILES string of the molecule is CC1(C)CC(=O)C2=C(C1)N(c1ccc(S(N)(=O)=O)cc1)C(=O)CC2c1ccncc1. The van der Waals surface area contributed by atoms with Crippen LogP contribution in [0, 0.1) is 5.41 Å². The van der Waals surface area contributed by atoms with E-state index < -0.39 is 10.0 Å². The molecule has 2 N–H and O–H groups in total. The minimum atomic E-state index is -3.83. The van der Waals surface area contributed by atoms with Crippen LogP contribution in [0.3, 0.4) is 0 Å². The van der Waals surface area contributed by atoms with E-state index in [0.717, 1.165) is 5.56 Å². The van der Waals surface area contributed by atoms with E-state index in [0.29, 0.717) is 29.8 Å². The predicted octanol–water partition coefficient (Wildman–Crippen LogP) is 2.89. The van der Waals surface area contributed by atoms with Crippen molar-refractivity contribution in [2.45, 2.75) is 43.9 Å². The Kier molecular flexibility index (Phi) is 4.86. The van der Waals surface area contributed by atoms with E-state index >= 15 is 0 Å². The van der Waals surface area contributed by atoms with Crippen molar-refractivity contribution in [1.29, 1.82) is 0 Å². The molecular weight excluding hydrogens is 402 g/mol. The number of amides is 1. The standard InChI is InChI=1S/C22H23N3O4S/c1-22(2)12-18-21(19(26)13-22)17(14-7-9-24-10-8-14)11-20(27)25(18)15-3-5-16(6-4-15)30(23,28)29/h3-10,17H,11-13H2,1-2H3,(H2,23,28,29). The monoisotopic (exact) mass is 425 g/mol. The van der Waals surface area contributed by atoms with Crippen molar-refractivity contribution in [2.24, 2.45) is 10.6 Å². The number of aromatic nitrogens is 1. The van der Waals surface area contributed by atoms with Gasteiger partial charge in [0, 0.05) is 48.1 Å². The Labute approximate surface area is 175 Å². The maximum atomic E-state index is 13.3. The van der Waals surface area contributed by atoms with Gasteiger partial charge in [0.15, 0.2) is 5.78 Å². The minimum absolute atomic E-state index is 0.0281. The number of hydrogen-bond acceptors (Lipinski definition) is 5. The summed E-state index contributed by atoms with van der Waals surface area (Å²) in [5.74, 6) is -0.398. The van der Waals surface area contributed by atoms with E-state index in [-0.39, 0.29) is 34.3 Å². The molecule has 0 saturated heterocycles. The first-order valence-electron chi connectivity index (χ1n) is 9.69. The quantitative estimate of drug-likeness (QED) is 0.813. The van der Waals surface area contributed by atoms with Gasteiger partial charge >= 0.3 is 0 Å². The molecule has 0 saturated carbocycles. The highest BCUT2D eigenvalue weighted by atomic mass is 32.2. The van der Waals surface area contributed by atoms with Gasteiger partial charge in [0.1, 0.15) is 0 Å². The molecular formula is C22H23N3O4S. The molecule has 1 unspecified atom stereocenters. The molecule has 2 heterocycles. The van der Waals surface area contributed by atoms with Gasteiger partial charge in [0.2, 0.25) is 15.9 Å². The van der Waals surface area contributed by atoms with E-state index in [2.05, 4.69) is 4.98 Å². The second kappa shape index (κ2) is 7.14. The number of nitrogens with zero attached hydrogens (tertiary/aromatic N) is 2. The van der Waals surface area contributed by atoms with Crippen molar-refractivity contribution in [3.8, 4) is 0 Å². The molecule has 156 valence electrons. The summed E-state index contributed by atoms with van der Waals surface area (Å²) in [6.07, 6.45) is 4.47. The Bertz CT molecular complexity index is 1150. The molecule has 1 amide bonds. The van der Waals surface area contributed by atoms with Crippen LogP contribution in [0.1, 0.15) is 44.6 Å². The summed E-state index contributed by atoms with van der Waals surface area (Å²) in [6, 6.07) is 9.55. The number of allylic oxidation sites excluding steroid dienone is 2. The Hall–Kier alpha value is -2.84. The van der Waals surface area contributed by atoms with Crippen molar-refractivity contribution in [3.05, 3.63) is 65.6 Å². The number of sulfonamides is 1. The molecule has 2 aliphatic rings. The molecule has 1 aromatic heterocycles. The van der Waals surface area contributed by atoms with Gasteiger partial charge in [0.25, 0.3) is 0 Å². The van der Waals surface area contributed by atoms with Gasteiger partial charge < -0.3 is 0 Å². The highest BCUT2D eigenvalue weighted by Crippen LogP contribution is 2.48. The summed E-state index contributed by atoms with van der Waals surface area (Å²) >= 11 is 0. The van der Waals surface area contributed by atoms with Crippen LogP contribution in [0.5, 0.6) is 0 Å². The Balaban J connectivity index is 1.86. The highest BCUT2D eigenvalue weighted by molar-refractivity contribution is 7.89. The fourth-order valence-corrected chi connectivity index (χ4v) is 4.90. The predicted molar refractivity (Wildman–Crippen MR) is 112 cm³/mol. The van der Waals surface area contributed by atoms with Crippen molar-refractivity contribution >= 4 is 27.4 Å². The Morgan fingerprint density at radius 2 is 1.67 bits per heavy atom. The molecule has 8 heteroatoms. The smallest absolute Gasteiger partial charge is 0.238 e. The van der Waals surface area contributed by atoms with E-state index in [1.54, 1.807) is 29.4 Å². The lowest BCUT2D eigenvalue weighted by molar-refractivity contribution is -0.121. The summed E-state index contributed by atoms with van der Waals surface area (Å²) in [6.45, 7) is 4.02. The second-order valence-corrected chi connectivity index (χ2v) is 10.2. The molecule has 0 spiro atoms. The normalized spacial score (nSPS) is 21.6. The third kappa shape index (κ3) is 3.68. The topological polar surface area (TPSA) is 110 Å². The first kappa shape index (κ1) is 20.4. The van der Waals surface area contributed by atoms with Crippen LogP contribution in [-0.2, 0) is 19.6 Å². The molecule has 7 nitrogen and oxygen atoms in total. The molecule has 0 fully saturated rings. The fraction of sp³-hybridized carbons (Fsp3) is 0.318. The number of nitrogens with two attached hydrogens (primary N) is 1. The number of rotatable bonds is 3. The molecule has 1 atom stereocenters. The zero-order chi connectivity index (χ0) is 21.7. The van der Waals surface area contributed by atoms with Gasteiger partial charge in [-0.3, -0.25) is 19.5 Å². The summed E-state index contributed by atoms with van der Waals surface area (Å²) < 4.78 is 23.2. The number of Topliss-reactive ketones (excluding diaryl/α,β-unsaturated/α-hetero) is 1. The van der Waals surface area contributed by atoms with Crippen molar-refractivity contribution in [2.75, 3.05) is 4.90 Å². The number of primary sulfonamides is 1. The lowest BCUT2D eigenvalue weighted by Gasteiger charge is -2.43. The average molecular weight is 426 g/mol. The number of carbonyl (C=O) groups excluding carboxylic acids is 2. The van der Waals surface area contributed by atoms with Crippen molar-refractivity contribution < 1.29 is 18.0 Å². The van der Waals surface area contributed by atoms with Gasteiger partial charge in [-0.05, 0) is 53.8 Å². The molecule has 1 aromatic carbocycles. The van der Waals surface area contributed by atoms with Crippen LogP contribution in [0.25, 0.3) is 0 Å². The van der Waals surface area contributed by atoms with Crippen LogP contribution >= 0.6 is 0 Å². The molecule has 1 aliphatic heterocycles. The van der Waals surface area contributed by atoms with Gasteiger partial charge in [-0.2, -0.15) is 0 Å². The molecule has 1 aliphatic carbocycles. The lowest BCUT2D eigenvalue weighted by atomic mass is 9.69. The maximum Gasteiger partial charge on any atom is 0.238 e. The first-order valence-corrected chi connectivity index (χ1v) is 11.2. The van der Waals surface area contributed by atoms with Crippen molar-refractivity contribution in [3.63, 3.8) is 0 Å². The summed E-state index contributed by atoms with van der Waals surface area (Å²) in [4.78, 5) is 32.0. The summed E-state index contributed by atoms with van der Waals surface area (Å²) in [5.41, 5.74) is 2.49. The fourth-order valence-electron chi connectivity index (χ4n) is 4.38. The third-order valence-corrected chi connectivity index (χ3v) is 6.60. The Morgan fingerprint density at radius 3 is 2.27 bits per heavy atom. The minimum Gasteiger partial charge on any atom is -0.294 e. The molecule has 30 heavy (non-hydrogen) atoms. The zero-order valence-corrected chi connectivity index (χ0v) is 17.6. The second-order valence-electron chi connectivity index (χ2n) is 8.61. The van der Waals surface area contributed by atoms with Crippen LogP contribution in [0.15, 0.2) is 65.0 Å². The number of benzene rings is 1. The van der Waals surface area contributed by atoms with Crippen LogP contribution in [0.2, 0.25) is 0 Å². The van der Waals surface area contributed by atoms with Crippen LogP contribution in [0.4, 0.5) is 5.69 Å². The number of ketones is 1. The van der Waals surface area contributed by atoms with E-state index in [1.807, 2.05) is 26.0 Å². The third-order valence-electron chi connectivity index (χ3n) is 5.67. The van der Waals surface area contributed by atoms with E-state index in [4.69, 9.17) is 5.14 Å². The van der Waals surface area contributed by atoms with Crippen LogP contribution < -0.4 is 10.0 Å².